The average Bonchev–Trinajstić information content (AvgIpc) is 1.85. The lowest BCUT2D eigenvalue weighted by Crippen LogP contribution is -2.15. The van der Waals surface area contributed by atoms with Crippen LogP contribution in [0.25, 0.3) is 0 Å². The highest BCUT2D eigenvalue weighted by molar-refractivity contribution is 5.79. The number of carbonyl (C=O) groups is 1. The van der Waals surface area contributed by atoms with Crippen molar-refractivity contribution in [2.45, 2.75) is 6.42 Å². The van der Waals surface area contributed by atoms with Gasteiger partial charge in [-0.2, -0.15) is 0 Å². The van der Waals surface area contributed by atoms with Crippen molar-refractivity contribution in [2.24, 2.45) is 0 Å². The first kappa shape index (κ1) is 8.59. The number of hydrogen-bond acceptors (Lipinski definition) is 3. The van der Waals surface area contributed by atoms with Crippen LogP contribution < -0.4 is 5.32 Å². The fourth-order valence-electron chi connectivity index (χ4n) is 0.498. The zero-order valence-electron chi connectivity index (χ0n) is 5.94. The minimum Gasteiger partial charge on any atom is -0.377 e. The second-order valence-corrected chi connectivity index (χ2v) is 1.83. The molecule has 0 saturated heterocycles. The second-order valence-electron chi connectivity index (χ2n) is 1.83. The van der Waals surface area contributed by atoms with Crippen molar-refractivity contribution >= 4 is 5.78 Å². The maximum atomic E-state index is 10.6. The number of hydrogen-bond donors (Lipinski definition) is 1. The van der Waals surface area contributed by atoms with Gasteiger partial charge in [0.25, 0.3) is 0 Å². The SMILES string of the molecule is CNCCC(=O)COC. The minimum atomic E-state index is 0.145. The van der Waals surface area contributed by atoms with Crippen molar-refractivity contribution in [3.05, 3.63) is 0 Å². The van der Waals surface area contributed by atoms with Crippen LogP contribution in [-0.4, -0.2) is 33.1 Å². The van der Waals surface area contributed by atoms with Crippen molar-refractivity contribution in [3.8, 4) is 0 Å². The fourth-order valence-corrected chi connectivity index (χ4v) is 0.498. The normalized spacial score (nSPS) is 9.56. The van der Waals surface area contributed by atoms with Gasteiger partial charge in [-0.25, -0.2) is 0 Å². The lowest BCUT2D eigenvalue weighted by atomic mass is 10.3. The Morgan fingerprint density at radius 1 is 1.67 bits per heavy atom. The van der Waals surface area contributed by atoms with Gasteiger partial charge in [0.15, 0.2) is 5.78 Å². The maximum Gasteiger partial charge on any atom is 0.159 e. The van der Waals surface area contributed by atoms with Crippen LogP contribution in [0.3, 0.4) is 0 Å². The van der Waals surface area contributed by atoms with E-state index in [1.165, 1.54) is 7.11 Å². The van der Waals surface area contributed by atoms with Crippen LogP contribution in [-0.2, 0) is 9.53 Å². The van der Waals surface area contributed by atoms with Gasteiger partial charge in [0.2, 0.25) is 0 Å². The molecule has 0 aromatic carbocycles. The highest BCUT2D eigenvalue weighted by Crippen LogP contribution is 1.80. The molecule has 9 heavy (non-hydrogen) atoms. The standard InChI is InChI=1S/C6H13NO2/c1-7-4-3-6(8)5-9-2/h7H,3-5H2,1-2H3. The van der Waals surface area contributed by atoms with Crippen molar-refractivity contribution in [3.63, 3.8) is 0 Å². The Hall–Kier alpha value is -0.410. The number of ether oxygens (including phenoxy) is 1. The molecule has 0 fully saturated rings. The molecule has 3 nitrogen and oxygen atoms in total. The Labute approximate surface area is 55.4 Å². The number of rotatable bonds is 5. The Balaban J connectivity index is 3.06. The summed E-state index contributed by atoms with van der Waals surface area (Å²) in [4.78, 5) is 10.6. The molecule has 0 aromatic rings. The largest absolute Gasteiger partial charge is 0.377 e. The van der Waals surface area contributed by atoms with Crippen LogP contribution in [0.4, 0.5) is 0 Å². The van der Waals surface area contributed by atoms with Crippen LogP contribution in [0, 0.1) is 0 Å². The summed E-state index contributed by atoms with van der Waals surface area (Å²) in [6, 6.07) is 0. The molecular formula is C6H13NO2. The summed E-state index contributed by atoms with van der Waals surface area (Å²) in [5, 5.41) is 2.88. The van der Waals surface area contributed by atoms with E-state index in [1.807, 2.05) is 7.05 Å². The summed E-state index contributed by atoms with van der Waals surface area (Å²) in [6.07, 6.45) is 0.560. The molecule has 0 unspecified atom stereocenters. The summed E-state index contributed by atoms with van der Waals surface area (Å²) in [6.45, 7) is 0.976. The highest BCUT2D eigenvalue weighted by Gasteiger charge is 1.97. The third-order valence-electron chi connectivity index (χ3n) is 0.959. The summed E-state index contributed by atoms with van der Waals surface area (Å²) < 4.78 is 4.62. The first-order valence-electron chi connectivity index (χ1n) is 2.96. The van der Waals surface area contributed by atoms with Gasteiger partial charge in [0, 0.05) is 20.1 Å². The second kappa shape index (κ2) is 5.72. The van der Waals surface area contributed by atoms with E-state index >= 15 is 0 Å². The van der Waals surface area contributed by atoms with E-state index in [9.17, 15) is 4.79 Å². The molecule has 0 aromatic heterocycles. The Morgan fingerprint density at radius 2 is 2.33 bits per heavy atom. The molecular weight excluding hydrogens is 118 g/mol. The number of ketones is 1. The van der Waals surface area contributed by atoms with E-state index < -0.39 is 0 Å². The lowest BCUT2D eigenvalue weighted by Gasteiger charge is -1.96. The molecule has 0 aliphatic heterocycles. The van der Waals surface area contributed by atoms with E-state index in [1.54, 1.807) is 0 Å². The predicted molar refractivity (Wildman–Crippen MR) is 35.4 cm³/mol. The third-order valence-corrected chi connectivity index (χ3v) is 0.959. The van der Waals surface area contributed by atoms with Gasteiger partial charge in [-0.3, -0.25) is 4.79 Å². The van der Waals surface area contributed by atoms with Gasteiger partial charge < -0.3 is 10.1 Å². The van der Waals surface area contributed by atoms with Crippen LogP contribution in [0.2, 0.25) is 0 Å². The Morgan fingerprint density at radius 3 is 2.78 bits per heavy atom. The molecule has 0 rings (SSSR count). The number of Topliss-reactive ketones (excluding diaryl/α,β-unsaturated/α-hetero) is 1. The molecule has 3 heteroatoms. The molecule has 0 aliphatic rings. The zero-order valence-corrected chi connectivity index (χ0v) is 5.94. The smallest absolute Gasteiger partial charge is 0.159 e. The molecule has 0 amide bonds. The van der Waals surface area contributed by atoms with E-state index in [2.05, 4.69) is 10.1 Å². The molecule has 0 saturated carbocycles. The summed E-state index contributed by atoms with van der Waals surface area (Å²) in [7, 11) is 3.34. The van der Waals surface area contributed by atoms with Gasteiger partial charge >= 0.3 is 0 Å². The molecule has 54 valence electrons. The van der Waals surface area contributed by atoms with Crippen LogP contribution in [0.1, 0.15) is 6.42 Å². The molecule has 0 atom stereocenters. The van der Waals surface area contributed by atoms with Crippen LogP contribution >= 0.6 is 0 Å². The van der Waals surface area contributed by atoms with E-state index in [0.717, 1.165) is 6.54 Å². The zero-order chi connectivity index (χ0) is 7.11. The summed E-state index contributed by atoms with van der Waals surface area (Å²) in [5.41, 5.74) is 0. The number of methoxy groups -OCH3 is 1. The van der Waals surface area contributed by atoms with Crippen molar-refractivity contribution in [2.75, 3.05) is 27.3 Å². The lowest BCUT2D eigenvalue weighted by molar-refractivity contribution is -0.122. The summed E-state index contributed by atoms with van der Waals surface area (Å²) in [5.74, 6) is 0.145. The van der Waals surface area contributed by atoms with E-state index in [-0.39, 0.29) is 12.4 Å². The first-order valence-corrected chi connectivity index (χ1v) is 2.96. The molecule has 0 bridgehead atoms. The van der Waals surface area contributed by atoms with Gasteiger partial charge in [-0.05, 0) is 7.05 Å². The Bertz CT molecular complexity index is 83.1. The topological polar surface area (TPSA) is 38.3 Å². The number of carbonyl (C=O) groups excluding carboxylic acids is 1. The van der Waals surface area contributed by atoms with Gasteiger partial charge in [0.05, 0.1) is 0 Å². The molecule has 1 N–H and O–H groups in total. The molecule has 0 spiro atoms. The van der Waals surface area contributed by atoms with Crippen molar-refractivity contribution in [1.29, 1.82) is 0 Å². The van der Waals surface area contributed by atoms with Crippen molar-refractivity contribution < 1.29 is 9.53 Å². The molecule has 0 aliphatic carbocycles. The predicted octanol–water partition coefficient (Wildman–Crippen LogP) is -0.189. The fraction of sp³-hybridized carbons (Fsp3) is 0.833. The quantitative estimate of drug-likeness (QED) is 0.562. The first-order chi connectivity index (χ1) is 4.31. The number of nitrogens with one attached hydrogen (secondary N) is 1. The third kappa shape index (κ3) is 5.46. The van der Waals surface area contributed by atoms with Crippen LogP contribution in [0.15, 0.2) is 0 Å². The molecule has 0 heterocycles. The van der Waals surface area contributed by atoms with Gasteiger partial charge in [0.1, 0.15) is 6.61 Å². The van der Waals surface area contributed by atoms with Gasteiger partial charge in [-0.1, -0.05) is 0 Å². The molecule has 0 radical (unpaired) electrons. The minimum absolute atomic E-state index is 0.145. The van der Waals surface area contributed by atoms with E-state index in [4.69, 9.17) is 0 Å². The van der Waals surface area contributed by atoms with Crippen molar-refractivity contribution in [1.82, 2.24) is 5.32 Å². The summed E-state index contributed by atoms with van der Waals surface area (Å²) >= 11 is 0. The highest BCUT2D eigenvalue weighted by atomic mass is 16.5. The maximum absolute atomic E-state index is 10.6. The Kier molecular flexibility index (Phi) is 5.46. The van der Waals surface area contributed by atoms with E-state index in [0.29, 0.717) is 6.42 Å². The van der Waals surface area contributed by atoms with Gasteiger partial charge in [-0.15, -0.1) is 0 Å². The monoisotopic (exact) mass is 131 g/mol. The average molecular weight is 131 g/mol. The van der Waals surface area contributed by atoms with Crippen LogP contribution in [0.5, 0.6) is 0 Å².